The van der Waals surface area contributed by atoms with Crippen LogP contribution in [0.1, 0.15) is 37.5 Å². The Hall–Kier alpha value is -3.10. The van der Waals surface area contributed by atoms with Gasteiger partial charge in [-0.25, -0.2) is 4.90 Å². The molecule has 34 heavy (non-hydrogen) atoms. The highest BCUT2D eigenvalue weighted by molar-refractivity contribution is 5.44. The first-order valence-electron chi connectivity index (χ1n) is 11.4. The van der Waals surface area contributed by atoms with Crippen LogP contribution in [-0.4, -0.2) is 38.9 Å². The minimum atomic E-state index is -1.05. The molecule has 0 unspecified atom stereocenters. The molecule has 0 spiro atoms. The van der Waals surface area contributed by atoms with Gasteiger partial charge >= 0.3 is 0 Å². The van der Waals surface area contributed by atoms with Crippen molar-refractivity contribution in [1.29, 1.82) is 0 Å². The Balaban J connectivity index is 1.56. The Morgan fingerprint density at radius 1 is 0.529 bits per heavy atom. The molecule has 176 valence electrons. The maximum absolute atomic E-state index is 10.7. The van der Waals surface area contributed by atoms with Crippen molar-refractivity contribution in [2.24, 2.45) is 0 Å². The lowest BCUT2D eigenvalue weighted by molar-refractivity contribution is -0.139. The summed E-state index contributed by atoms with van der Waals surface area (Å²) >= 11 is 0. The molecule has 0 bridgehead atoms. The first-order chi connectivity index (χ1) is 16.2. The molecule has 3 aliphatic heterocycles. The molecule has 3 aromatic carbocycles. The van der Waals surface area contributed by atoms with Gasteiger partial charge in [-0.3, -0.25) is 0 Å². The number of hydrogen-bond acceptors (Lipinski definition) is 7. The Labute approximate surface area is 197 Å². The van der Waals surface area contributed by atoms with Gasteiger partial charge in [-0.1, -0.05) is 54.6 Å². The number of ether oxygens (including phenoxy) is 3. The van der Waals surface area contributed by atoms with Gasteiger partial charge in [0.15, 0.2) is 0 Å². The Bertz CT molecular complexity index is 1130. The number of para-hydroxylation sites is 3. The lowest BCUT2D eigenvalue weighted by Crippen LogP contribution is -2.41. The molecule has 7 heteroatoms. The van der Waals surface area contributed by atoms with Crippen LogP contribution in [0.15, 0.2) is 72.8 Å². The fourth-order valence-electron chi connectivity index (χ4n) is 5.88. The number of hydrogen-bond donors (Lipinski definition) is 3. The highest BCUT2D eigenvalue weighted by atomic mass is 16.7. The minimum absolute atomic E-state index is 0.104. The molecular weight excluding hydrogens is 434 g/mol. The van der Waals surface area contributed by atoms with E-state index in [1.165, 1.54) is 0 Å². The van der Waals surface area contributed by atoms with Crippen LogP contribution in [0.2, 0.25) is 0 Å². The van der Waals surface area contributed by atoms with E-state index in [1.807, 2.05) is 62.1 Å². The van der Waals surface area contributed by atoms with E-state index < -0.39 is 35.5 Å². The van der Waals surface area contributed by atoms with Crippen LogP contribution in [0.5, 0.6) is 17.2 Å². The Morgan fingerprint density at radius 3 is 1.06 bits per heavy atom. The van der Waals surface area contributed by atoms with Crippen LogP contribution in [0.25, 0.3) is 0 Å². The van der Waals surface area contributed by atoms with Gasteiger partial charge in [-0.2, -0.15) is 0 Å². The van der Waals surface area contributed by atoms with Gasteiger partial charge in [0.1, 0.15) is 52.7 Å². The third kappa shape index (κ3) is 2.61. The van der Waals surface area contributed by atoms with Crippen LogP contribution < -0.4 is 0 Å². The Morgan fingerprint density at radius 2 is 0.794 bits per heavy atom. The summed E-state index contributed by atoms with van der Waals surface area (Å²) in [4.78, 5) is 2.02. The topological polar surface area (TPSA) is 91.6 Å². The molecule has 0 saturated carbocycles. The predicted octanol–water partition coefficient (Wildman–Crippen LogP) is 4.22. The van der Waals surface area contributed by atoms with Crippen LogP contribution in [0, 0.1) is 0 Å². The van der Waals surface area contributed by atoms with E-state index in [4.69, 9.17) is 14.2 Å². The van der Waals surface area contributed by atoms with E-state index in [9.17, 15) is 15.3 Å². The van der Waals surface area contributed by atoms with Crippen molar-refractivity contribution in [3.8, 4) is 17.2 Å². The molecule has 0 aliphatic carbocycles. The number of phenolic OH excluding ortho intramolecular Hbond substituents is 3. The molecular formula is C27H27NO6. The average molecular weight is 462 g/mol. The van der Waals surface area contributed by atoms with E-state index >= 15 is 0 Å². The molecule has 3 saturated heterocycles. The molecule has 0 amide bonds. The van der Waals surface area contributed by atoms with Crippen LogP contribution >= 0.6 is 0 Å². The van der Waals surface area contributed by atoms with Gasteiger partial charge in [-0.05, 0) is 39.0 Å². The molecule has 0 aromatic heterocycles. The highest BCUT2D eigenvalue weighted by Crippen LogP contribution is 2.63. The van der Waals surface area contributed by atoms with Gasteiger partial charge in [0.05, 0.1) is 0 Å². The number of rotatable bonds is 3. The number of phenols is 3. The van der Waals surface area contributed by atoms with Crippen molar-refractivity contribution in [1.82, 2.24) is 4.90 Å². The smallest absolute Gasteiger partial charge is 0.149 e. The van der Waals surface area contributed by atoms with Gasteiger partial charge in [-0.15, -0.1) is 0 Å². The van der Waals surface area contributed by atoms with Gasteiger partial charge < -0.3 is 29.5 Å². The van der Waals surface area contributed by atoms with Crippen molar-refractivity contribution in [3.05, 3.63) is 89.5 Å². The Kier molecular flexibility index (Phi) is 4.39. The molecule has 3 heterocycles. The summed E-state index contributed by atoms with van der Waals surface area (Å²) in [6.45, 7) is 5.68. The van der Waals surface area contributed by atoms with E-state index in [-0.39, 0.29) is 17.2 Å². The molecule has 3 aromatic rings. The highest BCUT2D eigenvalue weighted by Gasteiger charge is 2.74. The summed E-state index contributed by atoms with van der Waals surface area (Å²) in [6, 6.07) is 21.2. The predicted molar refractivity (Wildman–Crippen MR) is 123 cm³/mol. The van der Waals surface area contributed by atoms with Gasteiger partial charge in [0.25, 0.3) is 0 Å². The zero-order chi connectivity index (χ0) is 23.9. The molecule has 3 fully saturated rings. The van der Waals surface area contributed by atoms with E-state index in [2.05, 4.69) is 0 Å². The maximum atomic E-state index is 10.7. The number of benzene rings is 3. The standard InChI is InChI=1S/C27H27NO6/c1-25(16-10-4-7-13-19(16)29)22-28-23(32-25)26(2,17-11-5-8-14-20(17)30)34-24(28)27(3,33-22)18-12-6-9-15-21(18)31/h4-15,22-24,29-31H,1-3H3/t22-,23-,24-,25-,26+,27+/m0/s1. The molecule has 7 nitrogen and oxygen atoms in total. The summed E-state index contributed by atoms with van der Waals surface area (Å²) in [5, 5.41) is 32.2. The summed E-state index contributed by atoms with van der Waals surface area (Å²) < 4.78 is 20.1. The SMILES string of the molecule is C[C@@]1(c2ccccc2O)O[C@@H]2N3[C@H]1O[C@](C)(c1ccccc1O)[C@@H]3O[C@]2(C)c1ccccc1O. The van der Waals surface area contributed by atoms with E-state index in [0.29, 0.717) is 16.7 Å². The van der Waals surface area contributed by atoms with Crippen molar-refractivity contribution < 1.29 is 29.5 Å². The summed E-state index contributed by atoms with van der Waals surface area (Å²) in [5.41, 5.74) is -1.37. The molecule has 6 atom stereocenters. The normalized spacial score (nSPS) is 36.6. The van der Waals surface area contributed by atoms with Gasteiger partial charge in [0, 0.05) is 16.7 Å². The summed E-state index contributed by atoms with van der Waals surface area (Å²) in [7, 11) is 0. The quantitative estimate of drug-likeness (QED) is 0.538. The first-order valence-corrected chi connectivity index (χ1v) is 11.4. The van der Waals surface area contributed by atoms with Gasteiger partial charge in [0.2, 0.25) is 0 Å². The molecule has 6 rings (SSSR count). The first kappa shape index (κ1) is 21.4. The maximum Gasteiger partial charge on any atom is 0.149 e. The summed E-state index contributed by atoms with van der Waals surface area (Å²) in [6.07, 6.45) is -1.89. The lowest BCUT2D eigenvalue weighted by Gasteiger charge is -2.33. The monoisotopic (exact) mass is 461 g/mol. The zero-order valence-corrected chi connectivity index (χ0v) is 19.2. The molecule has 0 radical (unpaired) electrons. The fourth-order valence-corrected chi connectivity index (χ4v) is 5.88. The van der Waals surface area contributed by atoms with E-state index in [1.54, 1.807) is 36.4 Å². The number of aromatic hydroxyl groups is 3. The van der Waals surface area contributed by atoms with Crippen molar-refractivity contribution in [2.75, 3.05) is 0 Å². The average Bonchev–Trinajstić information content (AvgIpc) is 3.39. The third-order valence-corrected chi connectivity index (χ3v) is 7.61. The molecule has 3 N–H and O–H groups in total. The van der Waals surface area contributed by atoms with Crippen molar-refractivity contribution in [2.45, 2.75) is 56.3 Å². The fraction of sp³-hybridized carbons (Fsp3) is 0.333. The summed E-state index contributed by atoms with van der Waals surface area (Å²) in [5.74, 6) is 0.313. The second-order valence-corrected chi connectivity index (χ2v) is 9.73. The van der Waals surface area contributed by atoms with Crippen LogP contribution in [0.3, 0.4) is 0 Å². The van der Waals surface area contributed by atoms with Crippen molar-refractivity contribution >= 4 is 0 Å². The van der Waals surface area contributed by atoms with Crippen LogP contribution in [0.4, 0.5) is 0 Å². The zero-order valence-electron chi connectivity index (χ0n) is 19.2. The van der Waals surface area contributed by atoms with Crippen LogP contribution in [-0.2, 0) is 31.0 Å². The second-order valence-electron chi connectivity index (χ2n) is 9.73. The van der Waals surface area contributed by atoms with Crippen molar-refractivity contribution in [3.63, 3.8) is 0 Å². The minimum Gasteiger partial charge on any atom is -0.508 e. The molecule has 3 aliphatic rings. The lowest BCUT2D eigenvalue weighted by atomic mass is 9.93. The third-order valence-electron chi connectivity index (χ3n) is 7.61. The van der Waals surface area contributed by atoms with E-state index in [0.717, 1.165) is 0 Å². The number of nitrogens with zero attached hydrogens (tertiary/aromatic N) is 1. The largest absolute Gasteiger partial charge is 0.508 e. The second kappa shape index (κ2) is 6.96.